The van der Waals surface area contributed by atoms with Crippen LogP contribution in [0.4, 0.5) is 13.2 Å². The average molecular weight is 235 g/mol. The van der Waals surface area contributed by atoms with E-state index in [1.807, 2.05) is 6.07 Å². The highest BCUT2D eigenvalue weighted by Crippen LogP contribution is 2.30. The molecule has 0 aliphatic carbocycles. The number of halogens is 3. The van der Waals surface area contributed by atoms with Gasteiger partial charge in [-0.15, -0.1) is 0 Å². The standard InChI is InChI=1S/C14H10F3/c15-14(16,17)10-12-8-4-5-9-13(12)11-6-2-1-3-7-11/h1-10H. The van der Waals surface area contributed by atoms with Gasteiger partial charge in [0.05, 0.1) is 6.42 Å². The molecule has 0 aromatic heterocycles. The van der Waals surface area contributed by atoms with Crippen molar-refractivity contribution in [3.8, 4) is 11.1 Å². The molecule has 0 aliphatic heterocycles. The minimum atomic E-state index is -4.30. The van der Waals surface area contributed by atoms with Crippen molar-refractivity contribution in [2.24, 2.45) is 0 Å². The first-order valence-electron chi connectivity index (χ1n) is 5.13. The minimum Gasteiger partial charge on any atom is -0.170 e. The highest BCUT2D eigenvalue weighted by molar-refractivity contribution is 5.68. The molecule has 0 heterocycles. The van der Waals surface area contributed by atoms with Gasteiger partial charge in [0.1, 0.15) is 0 Å². The number of hydrogen-bond donors (Lipinski definition) is 0. The van der Waals surface area contributed by atoms with Crippen molar-refractivity contribution < 1.29 is 13.2 Å². The van der Waals surface area contributed by atoms with Gasteiger partial charge in [-0.3, -0.25) is 0 Å². The van der Waals surface area contributed by atoms with Gasteiger partial charge in [0.25, 0.3) is 0 Å². The Balaban J connectivity index is 2.41. The quantitative estimate of drug-likeness (QED) is 0.720. The molecule has 0 fully saturated rings. The first-order valence-corrected chi connectivity index (χ1v) is 5.13. The maximum Gasteiger partial charge on any atom is 0.396 e. The second kappa shape index (κ2) is 4.62. The summed E-state index contributed by atoms with van der Waals surface area (Å²) in [5.41, 5.74) is 1.56. The molecule has 3 heteroatoms. The third-order valence-electron chi connectivity index (χ3n) is 2.36. The van der Waals surface area contributed by atoms with E-state index in [-0.39, 0.29) is 5.56 Å². The second-order valence-electron chi connectivity index (χ2n) is 3.64. The van der Waals surface area contributed by atoms with Crippen molar-refractivity contribution in [3.63, 3.8) is 0 Å². The molecule has 0 unspecified atom stereocenters. The van der Waals surface area contributed by atoms with Crippen LogP contribution < -0.4 is 0 Å². The lowest BCUT2D eigenvalue weighted by atomic mass is 9.98. The van der Waals surface area contributed by atoms with Gasteiger partial charge in [0.15, 0.2) is 0 Å². The lowest BCUT2D eigenvalue weighted by Crippen LogP contribution is -2.09. The Bertz CT molecular complexity index is 486. The molecule has 0 atom stereocenters. The van der Waals surface area contributed by atoms with Gasteiger partial charge < -0.3 is 0 Å². The lowest BCUT2D eigenvalue weighted by Gasteiger charge is -2.11. The zero-order chi connectivity index (χ0) is 12.3. The Labute approximate surface area is 97.7 Å². The summed E-state index contributed by atoms with van der Waals surface area (Å²) in [6.45, 7) is 0. The predicted molar refractivity (Wildman–Crippen MR) is 61.3 cm³/mol. The molecule has 0 bridgehead atoms. The number of rotatable bonds is 2. The summed E-state index contributed by atoms with van der Waals surface area (Å²) < 4.78 is 37.1. The summed E-state index contributed by atoms with van der Waals surface area (Å²) in [7, 11) is 0. The topological polar surface area (TPSA) is 0 Å². The van der Waals surface area contributed by atoms with Crippen LogP contribution in [0.25, 0.3) is 11.1 Å². The summed E-state index contributed by atoms with van der Waals surface area (Å²) in [6.07, 6.45) is -3.97. The first-order chi connectivity index (χ1) is 8.06. The van der Waals surface area contributed by atoms with E-state index in [0.29, 0.717) is 12.0 Å². The highest BCUT2D eigenvalue weighted by Gasteiger charge is 2.29. The third-order valence-corrected chi connectivity index (χ3v) is 2.36. The molecule has 0 spiro atoms. The van der Waals surface area contributed by atoms with Crippen molar-refractivity contribution in [2.45, 2.75) is 6.18 Å². The fourth-order valence-corrected chi connectivity index (χ4v) is 1.68. The van der Waals surface area contributed by atoms with Gasteiger partial charge in [0.2, 0.25) is 0 Å². The molecular formula is C14H10F3. The summed E-state index contributed by atoms with van der Waals surface area (Å²) in [5.74, 6) is 0. The molecule has 1 radical (unpaired) electrons. The Morgan fingerprint density at radius 2 is 1.35 bits per heavy atom. The largest absolute Gasteiger partial charge is 0.396 e. The van der Waals surface area contributed by atoms with Gasteiger partial charge in [-0.05, 0) is 16.7 Å². The third kappa shape index (κ3) is 3.09. The number of hydrogen-bond acceptors (Lipinski definition) is 0. The molecule has 0 N–H and O–H groups in total. The summed E-state index contributed by atoms with van der Waals surface area (Å²) in [5, 5.41) is 0. The van der Waals surface area contributed by atoms with Crippen LogP contribution in [0.2, 0.25) is 0 Å². The molecular weight excluding hydrogens is 225 g/mol. The van der Waals surface area contributed by atoms with Crippen molar-refractivity contribution >= 4 is 0 Å². The van der Waals surface area contributed by atoms with E-state index >= 15 is 0 Å². The van der Waals surface area contributed by atoms with Gasteiger partial charge in [0, 0.05) is 0 Å². The maximum atomic E-state index is 12.4. The van der Waals surface area contributed by atoms with E-state index in [2.05, 4.69) is 0 Å². The molecule has 0 nitrogen and oxygen atoms in total. The van der Waals surface area contributed by atoms with Crippen LogP contribution in [0.15, 0.2) is 54.6 Å². The van der Waals surface area contributed by atoms with Crippen molar-refractivity contribution in [2.75, 3.05) is 0 Å². The van der Waals surface area contributed by atoms with Gasteiger partial charge in [-0.25, -0.2) is 0 Å². The molecule has 87 valence electrons. The predicted octanol–water partition coefficient (Wildman–Crippen LogP) is 4.47. The molecule has 2 aromatic carbocycles. The van der Waals surface area contributed by atoms with E-state index in [1.54, 1.807) is 42.5 Å². The van der Waals surface area contributed by atoms with E-state index in [4.69, 9.17) is 0 Å². The molecule has 2 rings (SSSR count). The Morgan fingerprint density at radius 3 is 2.00 bits per heavy atom. The Morgan fingerprint density at radius 1 is 0.765 bits per heavy atom. The Kier molecular flexibility index (Phi) is 3.18. The maximum absolute atomic E-state index is 12.4. The summed E-state index contributed by atoms with van der Waals surface area (Å²) >= 11 is 0. The highest BCUT2D eigenvalue weighted by atomic mass is 19.4. The first kappa shape index (κ1) is 11.7. The summed E-state index contributed by atoms with van der Waals surface area (Å²) in [6, 6.07) is 15.5. The van der Waals surface area contributed by atoms with Crippen LogP contribution in [-0.2, 0) is 0 Å². The minimum absolute atomic E-state index is 0.186. The number of alkyl halides is 3. The fourth-order valence-electron chi connectivity index (χ4n) is 1.68. The van der Waals surface area contributed by atoms with E-state index in [1.165, 1.54) is 6.07 Å². The molecule has 0 saturated carbocycles. The van der Waals surface area contributed by atoms with Crippen molar-refractivity contribution in [1.82, 2.24) is 0 Å². The second-order valence-corrected chi connectivity index (χ2v) is 3.64. The van der Waals surface area contributed by atoms with Gasteiger partial charge in [-0.2, -0.15) is 13.2 Å². The van der Waals surface area contributed by atoms with Crippen LogP contribution in [0, 0.1) is 6.42 Å². The average Bonchev–Trinajstić information content (AvgIpc) is 2.29. The lowest BCUT2D eigenvalue weighted by molar-refractivity contribution is -0.0927. The SMILES string of the molecule is FC(F)(F)[CH]c1ccccc1-c1ccccc1. The molecule has 0 saturated heterocycles. The van der Waals surface area contributed by atoms with Crippen molar-refractivity contribution in [3.05, 3.63) is 66.6 Å². The molecule has 2 aromatic rings. The molecule has 17 heavy (non-hydrogen) atoms. The smallest absolute Gasteiger partial charge is 0.170 e. The summed E-state index contributed by atoms with van der Waals surface area (Å²) in [4.78, 5) is 0. The molecule has 0 aliphatic rings. The molecule has 0 amide bonds. The Hall–Kier alpha value is -1.77. The van der Waals surface area contributed by atoms with Gasteiger partial charge in [-0.1, -0.05) is 54.6 Å². The zero-order valence-electron chi connectivity index (χ0n) is 8.91. The fraction of sp³-hybridized carbons (Fsp3) is 0.0714. The van der Waals surface area contributed by atoms with Gasteiger partial charge >= 0.3 is 6.18 Å². The van der Waals surface area contributed by atoms with Crippen LogP contribution in [-0.4, -0.2) is 6.18 Å². The van der Waals surface area contributed by atoms with Crippen LogP contribution in [0.5, 0.6) is 0 Å². The van der Waals surface area contributed by atoms with E-state index < -0.39 is 6.18 Å². The van der Waals surface area contributed by atoms with Crippen LogP contribution in [0.3, 0.4) is 0 Å². The van der Waals surface area contributed by atoms with Crippen LogP contribution >= 0.6 is 0 Å². The number of benzene rings is 2. The van der Waals surface area contributed by atoms with Crippen molar-refractivity contribution in [1.29, 1.82) is 0 Å². The normalized spacial score (nSPS) is 11.5. The van der Waals surface area contributed by atoms with E-state index in [0.717, 1.165) is 5.56 Å². The van der Waals surface area contributed by atoms with E-state index in [9.17, 15) is 13.2 Å². The zero-order valence-corrected chi connectivity index (χ0v) is 8.91. The monoisotopic (exact) mass is 235 g/mol. The van der Waals surface area contributed by atoms with Crippen LogP contribution in [0.1, 0.15) is 5.56 Å².